The molecule has 10 heteroatoms. The van der Waals surface area contributed by atoms with Crippen molar-refractivity contribution in [2.75, 3.05) is 30.9 Å². The summed E-state index contributed by atoms with van der Waals surface area (Å²) in [5.41, 5.74) is 2.62. The first-order valence-corrected chi connectivity index (χ1v) is 13.9. The van der Waals surface area contributed by atoms with Crippen LogP contribution < -0.4 is 10.6 Å². The van der Waals surface area contributed by atoms with Gasteiger partial charge in [0.05, 0.1) is 26.7 Å². The Balaban J connectivity index is 1.64. The zero-order valence-electron chi connectivity index (χ0n) is 20.7. The van der Waals surface area contributed by atoms with Gasteiger partial charge in [-0.2, -0.15) is 11.8 Å². The van der Waals surface area contributed by atoms with E-state index in [1.165, 1.54) is 6.07 Å². The zero-order chi connectivity index (χ0) is 25.7. The minimum Gasteiger partial charge on any atom is -0.370 e. The van der Waals surface area contributed by atoms with Gasteiger partial charge in [-0.15, -0.1) is 11.3 Å². The highest BCUT2D eigenvalue weighted by Crippen LogP contribution is 2.36. The van der Waals surface area contributed by atoms with Gasteiger partial charge < -0.3 is 10.6 Å². The lowest BCUT2D eigenvalue weighted by Gasteiger charge is -2.28. The van der Waals surface area contributed by atoms with Crippen LogP contribution in [0.25, 0.3) is 21.5 Å². The molecule has 2 unspecified atom stereocenters. The van der Waals surface area contributed by atoms with Crippen LogP contribution in [0.1, 0.15) is 40.2 Å². The fourth-order valence-electron chi connectivity index (χ4n) is 4.51. The molecule has 0 fully saturated rings. The van der Waals surface area contributed by atoms with Crippen molar-refractivity contribution in [2.24, 2.45) is 5.92 Å². The number of anilines is 1. The summed E-state index contributed by atoms with van der Waals surface area (Å²) in [7, 11) is 1.54. The molecule has 0 aliphatic carbocycles. The number of fused-ring (bicyclic) bond motifs is 1. The van der Waals surface area contributed by atoms with Crippen LogP contribution in [0.15, 0.2) is 43.0 Å². The maximum atomic E-state index is 14.9. The highest BCUT2D eigenvalue weighted by Gasteiger charge is 2.26. The first-order valence-electron chi connectivity index (χ1n) is 11.7. The molecule has 3 aromatic heterocycles. The molecule has 4 rings (SSSR count). The summed E-state index contributed by atoms with van der Waals surface area (Å²) in [5.74, 6) is 1.19. The van der Waals surface area contributed by atoms with E-state index in [9.17, 15) is 9.18 Å². The lowest BCUT2D eigenvalue weighted by molar-refractivity contribution is 0.0964. The number of amides is 1. The van der Waals surface area contributed by atoms with E-state index in [-0.39, 0.29) is 23.1 Å². The number of thiazole rings is 1. The summed E-state index contributed by atoms with van der Waals surface area (Å²) < 4.78 is 14.9. The largest absolute Gasteiger partial charge is 0.370 e. The quantitative estimate of drug-likeness (QED) is 0.281. The van der Waals surface area contributed by atoms with Gasteiger partial charge in [-0.05, 0) is 54.9 Å². The van der Waals surface area contributed by atoms with Crippen molar-refractivity contribution < 1.29 is 9.18 Å². The van der Waals surface area contributed by atoms with Crippen molar-refractivity contribution in [1.82, 2.24) is 25.3 Å². The van der Waals surface area contributed by atoms with Crippen LogP contribution in [-0.4, -0.2) is 51.4 Å². The topological polar surface area (TPSA) is 92.7 Å². The van der Waals surface area contributed by atoms with Gasteiger partial charge in [-0.3, -0.25) is 9.78 Å². The minimum absolute atomic E-state index is 0.103. The summed E-state index contributed by atoms with van der Waals surface area (Å²) in [5, 5.41) is 7.35. The monoisotopic (exact) mass is 524 g/mol. The third-order valence-corrected chi connectivity index (χ3v) is 7.92. The number of halogens is 1. The second-order valence-electron chi connectivity index (χ2n) is 8.44. The summed E-state index contributed by atoms with van der Waals surface area (Å²) >= 11 is 3.36. The van der Waals surface area contributed by atoms with Gasteiger partial charge in [0, 0.05) is 37.4 Å². The highest BCUT2D eigenvalue weighted by atomic mass is 32.2. The maximum absolute atomic E-state index is 14.9. The Morgan fingerprint density at radius 2 is 2.03 bits per heavy atom. The number of thioether (sulfide) groups is 1. The van der Waals surface area contributed by atoms with Gasteiger partial charge in [0.25, 0.3) is 5.91 Å². The molecular formula is C26H29FN6OS2. The van der Waals surface area contributed by atoms with Crippen molar-refractivity contribution in [3.63, 3.8) is 0 Å². The van der Waals surface area contributed by atoms with Crippen LogP contribution in [0, 0.1) is 18.7 Å². The molecule has 1 aromatic carbocycles. The van der Waals surface area contributed by atoms with Crippen LogP contribution in [0.4, 0.5) is 10.2 Å². The summed E-state index contributed by atoms with van der Waals surface area (Å²) in [6, 6.07) is 6.77. The number of nitrogens with one attached hydrogen (secondary N) is 2. The average molecular weight is 525 g/mol. The van der Waals surface area contributed by atoms with Gasteiger partial charge >= 0.3 is 0 Å². The number of rotatable bonds is 10. The van der Waals surface area contributed by atoms with Gasteiger partial charge in [0.15, 0.2) is 0 Å². The van der Waals surface area contributed by atoms with E-state index < -0.39 is 5.82 Å². The molecule has 36 heavy (non-hydrogen) atoms. The lowest BCUT2D eigenvalue weighted by atomic mass is 9.83. The molecule has 0 saturated carbocycles. The number of hydrogen-bond acceptors (Lipinski definition) is 8. The van der Waals surface area contributed by atoms with E-state index in [0.717, 1.165) is 39.1 Å². The highest BCUT2D eigenvalue weighted by molar-refractivity contribution is 7.98. The van der Waals surface area contributed by atoms with Crippen molar-refractivity contribution in [3.05, 3.63) is 64.9 Å². The van der Waals surface area contributed by atoms with Crippen molar-refractivity contribution in [1.29, 1.82) is 0 Å². The summed E-state index contributed by atoms with van der Waals surface area (Å²) in [6.45, 7) is 4.77. The molecule has 0 aliphatic rings. The van der Waals surface area contributed by atoms with Crippen molar-refractivity contribution in [2.45, 2.75) is 26.2 Å². The van der Waals surface area contributed by atoms with Crippen LogP contribution in [0.5, 0.6) is 0 Å². The fourth-order valence-corrected chi connectivity index (χ4v) is 6.04. The number of benzene rings is 1. The second kappa shape index (κ2) is 11.7. The third kappa shape index (κ3) is 5.49. The Hall–Kier alpha value is -3.11. The standard InChI is InChI=1S/C26H29FN6OS2/c1-5-17(18-6-7-20(27)24-19(26(34)28-3)8-9-29-25(18)24)16(13-35-4)11-31-23-10-21(32-14-33-23)22-12-30-15(2)36-22/h6-10,12,14,16-17H,5,11,13H2,1-4H3,(H,28,34)(H,31,32,33). The van der Waals surface area contributed by atoms with E-state index in [1.54, 1.807) is 48.7 Å². The molecule has 0 aliphatic heterocycles. The molecule has 0 spiro atoms. The minimum atomic E-state index is -0.443. The van der Waals surface area contributed by atoms with E-state index in [4.69, 9.17) is 0 Å². The summed E-state index contributed by atoms with van der Waals surface area (Å²) in [6.07, 6.45) is 7.89. The first kappa shape index (κ1) is 26.0. The predicted molar refractivity (Wildman–Crippen MR) is 146 cm³/mol. The number of hydrogen-bond donors (Lipinski definition) is 2. The molecule has 1 amide bonds. The van der Waals surface area contributed by atoms with Crippen LogP contribution in [-0.2, 0) is 0 Å². The van der Waals surface area contributed by atoms with E-state index in [1.807, 2.05) is 25.3 Å². The molecule has 3 heterocycles. The normalized spacial score (nSPS) is 12.9. The molecule has 0 bridgehead atoms. The molecule has 7 nitrogen and oxygen atoms in total. The Bertz CT molecular complexity index is 1360. The number of pyridine rings is 1. The zero-order valence-corrected chi connectivity index (χ0v) is 22.3. The van der Waals surface area contributed by atoms with Crippen LogP contribution >= 0.6 is 23.1 Å². The molecule has 2 atom stereocenters. The Morgan fingerprint density at radius 3 is 2.72 bits per heavy atom. The second-order valence-corrected chi connectivity index (χ2v) is 10.6. The maximum Gasteiger partial charge on any atom is 0.251 e. The average Bonchev–Trinajstić information content (AvgIpc) is 3.34. The lowest BCUT2D eigenvalue weighted by Crippen LogP contribution is -2.25. The number of aryl methyl sites for hydroxylation is 1. The smallest absolute Gasteiger partial charge is 0.251 e. The molecule has 4 aromatic rings. The number of aromatic nitrogens is 4. The summed E-state index contributed by atoms with van der Waals surface area (Å²) in [4.78, 5) is 31.1. The Morgan fingerprint density at radius 1 is 1.19 bits per heavy atom. The third-order valence-electron chi connectivity index (χ3n) is 6.22. The Labute approximate surface area is 218 Å². The van der Waals surface area contributed by atoms with E-state index in [2.05, 4.69) is 43.7 Å². The molecule has 0 saturated heterocycles. The number of carbonyl (C=O) groups excluding carboxylic acids is 1. The van der Waals surface area contributed by atoms with Crippen LogP contribution in [0.3, 0.4) is 0 Å². The van der Waals surface area contributed by atoms with Gasteiger partial charge in [-0.25, -0.2) is 19.3 Å². The Kier molecular flexibility index (Phi) is 8.48. The van der Waals surface area contributed by atoms with Gasteiger partial charge in [-0.1, -0.05) is 13.0 Å². The van der Waals surface area contributed by atoms with E-state index >= 15 is 0 Å². The fraction of sp³-hybridized carbons (Fsp3) is 0.346. The molecule has 188 valence electrons. The van der Waals surface area contributed by atoms with E-state index in [0.29, 0.717) is 17.6 Å². The van der Waals surface area contributed by atoms with Crippen molar-refractivity contribution >= 4 is 45.7 Å². The predicted octanol–water partition coefficient (Wildman–Crippen LogP) is 5.54. The SMILES string of the molecule is CCC(c1ccc(F)c2c(C(=O)NC)ccnc12)C(CNc1cc(-c2cnc(C)s2)ncn1)CSC. The molecular weight excluding hydrogens is 495 g/mol. The number of nitrogens with zero attached hydrogens (tertiary/aromatic N) is 4. The van der Waals surface area contributed by atoms with Gasteiger partial charge in [0.2, 0.25) is 0 Å². The van der Waals surface area contributed by atoms with Crippen LogP contribution in [0.2, 0.25) is 0 Å². The van der Waals surface area contributed by atoms with Gasteiger partial charge in [0.1, 0.15) is 18.0 Å². The first-order chi connectivity index (χ1) is 17.5. The molecule has 0 radical (unpaired) electrons. The number of carbonyl (C=O) groups is 1. The van der Waals surface area contributed by atoms with Crippen molar-refractivity contribution in [3.8, 4) is 10.6 Å². The molecule has 2 N–H and O–H groups in total.